The molecule has 0 aliphatic carbocycles. The second-order valence-electron chi connectivity index (χ2n) is 5.82. The number of carboxylic acid groups (broad SMARTS) is 1. The third kappa shape index (κ3) is 5.47. The molecule has 2 N–H and O–H groups in total. The van der Waals surface area contributed by atoms with Crippen molar-refractivity contribution in [2.75, 3.05) is 39.9 Å². The number of hydrogen-bond donors (Lipinski definition) is 2. The number of likely N-dealkylation sites (N-methyl/N-ethyl adjacent to an activating group) is 1. The van der Waals surface area contributed by atoms with Crippen LogP contribution in [0.25, 0.3) is 0 Å². The molecule has 1 atom stereocenters. The monoisotopic (exact) mass is 272 g/mol. The van der Waals surface area contributed by atoms with Crippen molar-refractivity contribution in [2.45, 2.75) is 38.6 Å². The molecule has 0 bridgehead atoms. The first-order valence-corrected chi connectivity index (χ1v) is 7.22. The fourth-order valence-electron chi connectivity index (χ4n) is 2.57. The third-order valence-corrected chi connectivity index (χ3v) is 3.73. The first-order chi connectivity index (χ1) is 8.98. The Balaban J connectivity index is 2.45. The van der Waals surface area contributed by atoms with Crippen molar-refractivity contribution >= 4 is 5.97 Å². The van der Waals surface area contributed by atoms with Crippen LogP contribution in [0.4, 0.5) is 0 Å². The van der Waals surface area contributed by atoms with E-state index in [4.69, 9.17) is 4.74 Å². The van der Waals surface area contributed by atoms with Gasteiger partial charge in [0.1, 0.15) is 5.54 Å². The van der Waals surface area contributed by atoms with Crippen LogP contribution >= 0.6 is 0 Å². The van der Waals surface area contributed by atoms with Gasteiger partial charge in [-0.05, 0) is 45.7 Å². The summed E-state index contributed by atoms with van der Waals surface area (Å²) < 4.78 is 5.35. The maximum absolute atomic E-state index is 11.4. The van der Waals surface area contributed by atoms with Crippen molar-refractivity contribution in [3.63, 3.8) is 0 Å². The van der Waals surface area contributed by atoms with E-state index in [9.17, 15) is 9.90 Å². The molecule has 1 rings (SSSR count). The average Bonchev–Trinajstić information content (AvgIpc) is 2.37. The first kappa shape index (κ1) is 16.4. The van der Waals surface area contributed by atoms with Crippen LogP contribution in [-0.2, 0) is 9.53 Å². The number of nitrogens with zero attached hydrogens (tertiary/aromatic N) is 1. The van der Waals surface area contributed by atoms with Gasteiger partial charge in [0.25, 0.3) is 0 Å². The lowest BCUT2D eigenvalue weighted by Gasteiger charge is -2.33. The largest absolute Gasteiger partial charge is 0.480 e. The molecule has 1 unspecified atom stereocenters. The van der Waals surface area contributed by atoms with E-state index in [0.29, 0.717) is 12.5 Å². The Hall–Kier alpha value is -0.650. The Kier molecular flexibility index (Phi) is 6.75. The predicted octanol–water partition coefficient (Wildman–Crippen LogP) is 1.19. The van der Waals surface area contributed by atoms with E-state index in [0.717, 1.165) is 45.6 Å². The maximum atomic E-state index is 11.4. The minimum Gasteiger partial charge on any atom is -0.480 e. The summed E-state index contributed by atoms with van der Waals surface area (Å²) >= 11 is 0. The SMILES string of the molecule is CCCNC(C)(CN(C)CC1CCOCC1)C(=O)O. The molecule has 0 radical (unpaired) electrons. The quantitative estimate of drug-likeness (QED) is 0.695. The summed E-state index contributed by atoms with van der Waals surface area (Å²) in [4.78, 5) is 13.6. The van der Waals surface area contributed by atoms with Crippen LogP contribution in [0.5, 0.6) is 0 Å². The molecule has 1 heterocycles. The van der Waals surface area contributed by atoms with E-state index in [2.05, 4.69) is 10.2 Å². The summed E-state index contributed by atoms with van der Waals surface area (Å²) in [7, 11) is 2.00. The van der Waals surface area contributed by atoms with Gasteiger partial charge in [0, 0.05) is 26.3 Å². The number of carbonyl (C=O) groups is 1. The summed E-state index contributed by atoms with van der Waals surface area (Å²) in [5.41, 5.74) is -0.865. The number of hydrogen-bond acceptors (Lipinski definition) is 4. The summed E-state index contributed by atoms with van der Waals surface area (Å²) in [5.74, 6) is -0.150. The van der Waals surface area contributed by atoms with Gasteiger partial charge in [-0.1, -0.05) is 6.92 Å². The number of nitrogens with one attached hydrogen (secondary N) is 1. The minimum absolute atomic E-state index is 0.527. The zero-order valence-electron chi connectivity index (χ0n) is 12.4. The molecule has 0 spiro atoms. The second-order valence-corrected chi connectivity index (χ2v) is 5.82. The third-order valence-electron chi connectivity index (χ3n) is 3.73. The van der Waals surface area contributed by atoms with Gasteiger partial charge >= 0.3 is 5.97 Å². The van der Waals surface area contributed by atoms with E-state index in [-0.39, 0.29) is 0 Å². The van der Waals surface area contributed by atoms with Gasteiger partial charge < -0.3 is 20.1 Å². The smallest absolute Gasteiger partial charge is 0.324 e. The van der Waals surface area contributed by atoms with Gasteiger partial charge in [-0.3, -0.25) is 4.79 Å². The molecule has 112 valence electrons. The summed E-state index contributed by atoms with van der Waals surface area (Å²) in [6.45, 7) is 7.69. The molecule has 0 amide bonds. The molecule has 0 aromatic rings. The van der Waals surface area contributed by atoms with Crippen LogP contribution in [0.3, 0.4) is 0 Å². The Morgan fingerprint density at radius 3 is 2.63 bits per heavy atom. The number of ether oxygens (including phenoxy) is 1. The second kappa shape index (κ2) is 7.82. The number of carboxylic acids is 1. The molecule has 1 fully saturated rings. The Morgan fingerprint density at radius 2 is 2.11 bits per heavy atom. The molecule has 1 aliphatic heterocycles. The molecule has 0 aromatic heterocycles. The van der Waals surface area contributed by atoms with E-state index < -0.39 is 11.5 Å². The van der Waals surface area contributed by atoms with Crippen molar-refractivity contribution in [1.82, 2.24) is 10.2 Å². The standard InChI is InChI=1S/C14H28N2O3/c1-4-7-15-14(2,13(17)18)11-16(3)10-12-5-8-19-9-6-12/h12,15H,4-11H2,1-3H3,(H,17,18). The molecule has 1 saturated heterocycles. The van der Waals surface area contributed by atoms with Gasteiger partial charge in [-0.25, -0.2) is 0 Å². The molecule has 19 heavy (non-hydrogen) atoms. The van der Waals surface area contributed by atoms with Crippen LogP contribution in [0, 0.1) is 5.92 Å². The fraction of sp³-hybridized carbons (Fsp3) is 0.929. The van der Waals surface area contributed by atoms with Crippen LogP contribution in [-0.4, -0.2) is 61.4 Å². The van der Waals surface area contributed by atoms with E-state index >= 15 is 0 Å². The highest BCUT2D eigenvalue weighted by molar-refractivity contribution is 5.78. The highest BCUT2D eigenvalue weighted by Crippen LogP contribution is 2.17. The zero-order chi connectivity index (χ0) is 14.3. The fourth-order valence-corrected chi connectivity index (χ4v) is 2.57. The summed E-state index contributed by atoms with van der Waals surface area (Å²) in [6.07, 6.45) is 3.10. The van der Waals surface area contributed by atoms with Gasteiger partial charge in [-0.2, -0.15) is 0 Å². The van der Waals surface area contributed by atoms with Crippen LogP contribution in [0.1, 0.15) is 33.1 Å². The van der Waals surface area contributed by atoms with Crippen LogP contribution in [0.15, 0.2) is 0 Å². The molecule has 5 heteroatoms. The zero-order valence-corrected chi connectivity index (χ0v) is 12.4. The Bertz CT molecular complexity index is 280. The lowest BCUT2D eigenvalue weighted by Crippen LogP contribution is -2.57. The van der Waals surface area contributed by atoms with Crippen molar-refractivity contribution in [2.24, 2.45) is 5.92 Å². The summed E-state index contributed by atoms with van der Waals surface area (Å²) in [6, 6.07) is 0. The van der Waals surface area contributed by atoms with E-state index in [1.807, 2.05) is 14.0 Å². The number of rotatable bonds is 8. The molecular formula is C14H28N2O3. The minimum atomic E-state index is -0.865. The number of aliphatic carboxylic acids is 1. The van der Waals surface area contributed by atoms with Crippen molar-refractivity contribution in [1.29, 1.82) is 0 Å². The normalized spacial score (nSPS) is 20.4. The van der Waals surface area contributed by atoms with Gasteiger partial charge in [0.05, 0.1) is 0 Å². The molecule has 5 nitrogen and oxygen atoms in total. The average molecular weight is 272 g/mol. The lowest BCUT2D eigenvalue weighted by molar-refractivity contribution is -0.145. The van der Waals surface area contributed by atoms with Crippen molar-refractivity contribution < 1.29 is 14.6 Å². The summed E-state index contributed by atoms with van der Waals surface area (Å²) in [5, 5.41) is 12.6. The van der Waals surface area contributed by atoms with E-state index in [1.165, 1.54) is 0 Å². The van der Waals surface area contributed by atoms with Crippen molar-refractivity contribution in [3.8, 4) is 0 Å². The predicted molar refractivity (Wildman–Crippen MR) is 75.4 cm³/mol. The molecular weight excluding hydrogens is 244 g/mol. The molecule has 0 saturated carbocycles. The highest BCUT2D eigenvalue weighted by Gasteiger charge is 2.34. The Morgan fingerprint density at radius 1 is 1.47 bits per heavy atom. The first-order valence-electron chi connectivity index (χ1n) is 7.22. The maximum Gasteiger partial charge on any atom is 0.324 e. The Labute approximate surface area is 116 Å². The van der Waals surface area contributed by atoms with Gasteiger partial charge in [0.15, 0.2) is 0 Å². The molecule has 0 aromatic carbocycles. The highest BCUT2D eigenvalue weighted by atomic mass is 16.5. The van der Waals surface area contributed by atoms with Crippen LogP contribution < -0.4 is 5.32 Å². The van der Waals surface area contributed by atoms with Gasteiger partial charge in [-0.15, -0.1) is 0 Å². The van der Waals surface area contributed by atoms with Gasteiger partial charge in [0.2, 0.25) is 0 Å². The van der Waals surface area contributed by atoms with E-state index in [1.54, 1.807) is 6.92 Å². The van der Waals surface area contributed by atoms with Crippen LogP contribution in [0.2, 0.25) is 0 Å². The van der Waals surface area contributed by atoms with Crippen molar-refractivity contribution in [3.05, 3.63) is 0 Å². The lowest BCUT2D eigenvalue weighted by atomic mass is 9.97. The molecule has 1 aliphatic rings. The topological polar surface area (TPSA) is 61.8 Å².